The van der Waals surface area contributed by atoms with Gasteiger partial charge in [0, 0.05) is 18.0 Å². The number of aromatic amines is 1. The molecule has 0 bridgehead atoms. The quantitative estimate of drug-likeness (QED) is 0.198. The van der Waals surface area contributed by atoms with Crippen LogP contribution in [0, 0.1) is 6.92 Å². The number of fused-ring (bicyclic) bond motifs is 1. The van der Waals surface area contributed by atoms with Crippen molar-refractivity contribution in [3.05, 3.63) is 95.6 Å². The SMILES string of the molecule is COc1ccc(CNCc2cccc(-c3ccc(-c4nc5c(C)cccc5[nH]4)s3)c2)cc1.O=C(O)C(F)(F)F. The summed E-state index contributed by atoms with van der Waals surface area (Å²) in [5.41, 5.74) is 7.06. The lowest BCUT2D eigenvalue weighted by Crippen LogP contribution is -2.21. The molecular formula is C29H26F3N3O3S. The van der Waals surface area contributed by atoms with Crippen LogP contribution in [0.4, 0.5) is 13.2 Å². The number of H-pyrrole nitrogens is 1. The molecule has 0 radical (unpaired) electrons. The molecule has 3 aromatic carbocycles. The molecule has 202 valence electrons. The highest BCUT2D eigenvalue weighted by Gasteiger charge is 2.38. The van der Waals surface area contributed by atoms with Gasteiger partial charge in [0.05, 0.1) is 23.0 Å². The number of carboxylic acid groups (broad SMARTS) is 1. The highest BCUT2D eigenvalue weighted by Crippen LogP contribution is 2.34. The average Bonchev–Trinajstić information content (AvgIpc) is 3.58. The number of imidazole rings is 1. The third-order valence-electron chi connectivity index (χ3n) is 5.83. The minimum absolute atomic E-state index is 0.820. The van der Waals surface area contributed by atoms with Gasteiger partial charge in [-0.2, -0.15) is 13.2 Å². The third-order valence-corrected chi connectivity index (χ3v) is 6.97. The lowest BCUT2D eigenvalue weighted by molar-refractivity contribution is -0.192. The van der Waals surface area contributed by atoms with E-state index < -0.39 is 12.1 Å². The zero-order valence-corrected chi connectivity index (χ0v) is 22.0. The largest absolute Gasteiger partial charge is 0.497 e. The molecule has 0 spiro atoms. The standard InChI is InChI=1S/C27H25N3OS.C2HF3O2/c1-18-5-3-8-23-26(18)30-27(29-23)25-14-13-24(32-25)21-7-4-6-20(15-21)17-28-16-19-9-11-22(31-2)12-10-19;3-2(4,5)1(6)7/h3-15,28H,16-17H2,1-2H3,(H,29,30);(H,6,7). The first-order chi connectivity index (χ1) is 18.6. The number of nitrogens with zero attached hydrogens (tertiary/aromatic N) is 1. The van der Waals surface area contributed by atoms with Gasteiger partial charge in [-0.3, -0.25) is 0 Å². The number of ether oxygens (including phenoxy) is 1. The maximum Gasteiger partial charge on any atom is 0.490 e. The summed E-state index contributed by atoms with van der Waals surface area (Å²) in [6, 6.07) is 27.5. The van der Waals surface area contributed by atoms with Crippen molar-refractivity contribution < 1.29 is 27.8 Å². The molecule has 0 fully saturated rings. The Bertz CT molecular complexity index is 1560. The van der Waals surface area contributed by atoms with E-state index in [0.29, 0.717) is 0 Å². The predicted octanol–water partition coefficient (Wildman–Crippen LogP) is 7.20. The smallest absolute Gasteiger partial charge is 0.490 e. The number of aliphatic carboxylic acids is 1. The lowest BCUT2D eigenvalue weighted by atomic mass is 10.1. The second-order valence-corrected chi connectivity index (χ2v) is 9.76. The van der Waals surface area contributed by atoms with Gasteiger partial charge in [-0.25, -0.2) is 9.78 Å². The van der Waals surface area contributed by atoms with Gasteiger partial charge in [0.25, 0.3) is 0 Å². The Balaban J connectivity index is 0.000000448. The number of alkyl halides is 3. The molecule has 0 saturated heterocycles. The number of nitrogens with one attached hydrogen (secondary N) is 2. The molecule has 0 aliphatic rings. The first-order valence-electron chi connectivity index (χ1n) is 11.9. The van der Waals surface area contributed by atoms with Crippen molar-refractivity contribution in [3.63, 3.8) is 0 Å². The predicted molar refractivity (Wildman–Crippen MR) is 147 cm³/mol. The molecule has 5 aromatic rings. The summed E-state index contributed by atoms with van der Waals surface area (Å²) in [7, 11) is 1.69. The van der Waals surface area contributed by atoms with Crippen LogP contribution in [0.25, 0.3) is 32.2 Å². The topological polar surface area (TPSA) is 87.2 Å². The van der Waals surface area contributed by atoms with E-state index in [4.69, 9.17) is 19.6 Å². The zero-order chi connectivity index (χ0) is 28.0. The Morgan fingerprint density at radius 1 is 0.974 bits per heavy atom. The number of para-hydroxylation sites is 1. The average molecular weight is 554 g/mol. The van der Waals surface area contributed by atoms with Crippen LogP contribution in [-0.4, -0.2) is 34.3 Å². The molecule has 10 heteroatoms. The molecule has 0 amide bonds. The fourth-order valence-electron chi connectivity index (χ4n) is 3.84. The van der Waals surface area contributed by atoms with Crippen LogP contribution in [0.5, 0.6) is 5.75 Å². The number of thiophene rings is 1. The van der Waals surface area contributed by atoms with Crippen LogP contribution < -0.4 is 10.1 Å². The van der Waals surface area contributed by atoms with E-state index in [9.17, 15) is 13.2 Å². The number of aryl methyl sites for hydroxylation is 1. The number of rotatable bonds is 7. The number of benzene rings is 3. The van der Waals surface area contributed by atoms with Gasteiger partial charge in [-0.05, 0) is 65.6 Å². The molecule has 5 rings (SSSR count). The normalized spacial score (nSPS) is 11.2. The summed E-state index contributed by atoms with van der Waals surface area (Å²) in [6.07, 6.45) is -5.08. The maximum absolute atomic E-state index is 10.6. The van der Waals surface area contributed by atoms with E-state index in [-0.39, 0.29) is 0 Å². The second kappa shape index (κ2) is 12.1. The van der Waals surface area contributed by atoms with Crippen molar-refractivity contribution in [1.82, 2.24) is 15.3 Å². The number of carbonyl (C=O) groups is 1. The van der Waals surface area contributed by atoms with Crippen molar-refractivity contribution in [3.8, 4) is 26.9 Å². The van der Waals surface area contributed by atoms with E-state index in [2.05, 4.69) is 84.0 Å². The Morgan fingerprint density at radius 2 is 1.64 bits per heavy atom. The molecule has 0 aliphatic heterocycles. The van der Waals surface area contributed by atoms with Crippen LogP contribution in [0.1, 0.15) is 16.7 Å². The van der Waals surface area contributed by atoms with E-state index >= 15 is 0 Å². The summed E-state index contributed by atoms with van der Waals surface area (Å²) in [5, 5.41) is 10.7. The third kappa shape index (κ3) is 7.24. The van der Waals surface area contributed by atoms with Crippen molar-refractivity contribution >= 4 is 28.3 Å². The van der Waals surface area contributed by atoms with Crippen LogP contribution in [0.15, 0.2) is 78.9 Å². The molecule has 6 nitrogen and oxygen atoms in total. The van der Waals surface area contributed by atoms with Crippen LogP contribution >= 0.6 is 11.3 Å². The van der Waals surface area contributed by atoms with Gasteiger partial charge >= 0.3 is 12.1 Å². The highest BCUT2D eigenvalue weighted by molar-refractivity contribution is 7.18. The van der Waals surface area contributed by atoms with Gasteiger partial charge in [0.2, 0.25) is 0 Å². The van der Waals surface area contributed by atoms with Crippen molar-refractivity contribution in [1.29, 1.82) is 0 Å². The number of hydrogen-bond acceptors (Lipinski definition) is 5. The molecule has 0 saturated carbocycles. The zero-order valence-electron chi connectivity index (χ0n) is 21.2. The molecule has 2 aromatic heterocycles. The lowest BCUT2D eigenvalue weighted by Gasteiger charge is -2.07. The van der Waals surface area contributed by atoms with Crippen LogP contribution in [0.2, 0.25) is 0 Å². The number of halogens is 3. The molecular weight excluding hydrogens is 527 g/mol. The number of carboxylic acids is 1. The Labute approximate surface area is 227 Å². The van der Waals surface area contributed by atoms with Crippen molar-refractivity contribution in [2.45, 2.75) is 26.2 Å². The monoisotopic (exact) mass is 553 g/mol. The first-order valence-corrected chi connectivity index (χ1v) is 12.7. The van der Waals surface area contributed by atoms with Crippen LogP contribution in [0.3, 0.4) is 0 Å². The Hall–Kier alpha value is -4.15. The Morgan fingerprint density at radius 3 is 2.31 bits per heavy atom. The van der Waals surface area contributed by atoms with E-state index in [1.54, 1.807) is 18.4 Å². The van der Waals surface area contributed by atoms with Gasteiger partial charge in [-0.1, -0.05) is 42.5 Å². The van der Waals surface area contributed by atoms with E-state index in [1.165, 1.54) is 27.1 Å². The summed E-state index contributed by atoms with van der Waals surface area (Å²) in [4.78, 5) is 19.6. The molecule has 0 unspecified atom stereocenters. The number of aromatic nitrogens is 2. The molecule has 3 N–H and O–H groups in total. The number of hydrogen-bond donors (Lipinski definition) is 3. The van der Waals surface area contributed by atoms with Crippen molar-refractivity contribution in [2.75, 3.05) is 7.11 Å². The summed E-state index contributed by atoms with van der Waals surface area (Å²) in [5.74, 6) is -0.940. The van der Waals surface area contributed by atoms with E-state index in [0.717, 1.165) is 40.6 Å². The fraction of sp³-hybridized carbons (Fsp3) is 0.172. The summed E-state index contributed by atoms with van der Waals surface area (Å²) in [6.45, 7) is 3.74. The molecule has 0 atom stereocenters. The van der Waals surface area contributed by atoms with E-state index in [1.807, 2.05) is 12.1 Å². The number of methoxy groups -OCH3 is 1. The Kier molecular flexibility index (Phi) is 8.68. The second-order valence-electron chi connectivity index (χ2n) is 8.68. The van der Waals surface area contributed by atoms with Crippen LogP contribution in [-0.2, 0) is 17.9 Å². The first kappa shape index (κ1) is 27.9. The van der Waals surface area contributed by atoms with Crippen molar-refractivity contribution in [2.24, 2.45) is 0 Å². The van der Waals surface area contributed by atoms with Gasteiger partial charge in [-0.15, -0.1) is 11.3 Å². The summed E-state index contributed by atoms with van der Waals surface area (Å²) < 4.78 is 37.0. The van der Waals surface area contributed by atoms with Gasteiger partial charge in [0.1, 0.15) is 11.6 Å². The minimum Gasteiger partial charge on any atom is -0.497 e. The van der Waals surface area contributed by atoms with Gasteiger partial charge < -0.3 is 20.1 Å². The fourth-order valence-corrected chi connectivity index (χ4v) is 4.79. The highest BCUT2D eigenvalue weighted by atomic mass is 32.1. The van der Waals surface area contributed by atoms with Gasteiger partial charge in [0.15, 0.2) is 0 Å². The summed E-state index contributed by atoms with van der Waals surface area (Å²) >= 11 is 1.77. The molecule has 39 heavy (non-hydrogen) atoms. The maximum atomic E-state index is 10.6. The molecule has 0 aliphatic carbocycles. The molecule has 2 heterocycles. The minimum atomic E-state index is -5.08.